The molecule has 1 aliphatic rings. The molecule has 0 amide bonds. The van der Waals surface area contributed by atoms with E-state index in [0.717, 1.165) is 0 Å². The maximum Gasteiger partial charge on any atom is 0.347 e. The van der Waals surface area contributed by atoms with Gasteiger partial charge in [-0.25, -0.2) is 9.59 Å². The molecule has 3 rings (SSSR count). The first-order valence-corrected chi connectivity index (χ1v) is 8.10. The van der Waals surface area contributed by atoms with E-state index in [0.29, 0.717) is 23.3 Å². The Morgan fingerprint density at radius 3 is 2.65 bits per heavy atom. The van der Waals surface area contributed by atoms with Crippen LogP contribution in [0.3, 0.4) is 0 Å². The largest absolute Gasteiger partial charge is 0.504 e. The number of hydrogen-bond donors (Lipinski definition) is 1. The smallest absolute Gasteiger partial charge is 0.347 e. The number of aromatic hydroxyl groups is 1. The van der Waals surface area contributed by atoms with Gasteiger partial charge in [-0.05, 0) is 29.3 Å². The fraction of sp³-hybridized carbons (Fsp3) is 0.200. The zero-order chi connectivity index (χ0) is 18.5. The van der Waals surface area contributed by atoms with Crippen molar-refractivity contribution in [3.8, 4) is 11.5 Å². The van der Waals surface area contributed by atoms with Gasteiger partial charge in [0.15, 0.2) is 11.5 Å². The van der Waals surface area contributed by atoms with Crippen molar-refractivity contribution in [2.45, 2.75) is 12.5 Å². The molecule has 1 aliphatic heterocycles. The van der Waals surface area contributed by atoms with E-state index in [1.165, 1.54) is 13.2 Å². The van der Waals surface area contributed by atoms with Gasteiger partial charge in [0.05, 0.1) is 19.3 Å². The number of carbonyl (C=O) groups excluding carboxylic acids is 2. The van der Waals surface area contributed by atoms with Crippen molar-refractivity contribution in [3.05, 3.63) is 59.7 Å². The summed E-state index contributed by atoms with van der Waals surface area (Å²) in [7, 11) is 1.45. The van der Waals surface area contributed by atoms with E-state index in [1.54, 1.807) is 42.5 Å². The monoisotopic (exact) mass is 354 g/mol. The number of rotatable bonds is 5. The molecule has 134 valence electrons. The Kier molecular flexibility index (Phi) is 5.22. The molecular formula is C20H18O6. The standard InChI is InChI=1S/C20H18O6/c1-24-18-12-13(7-8-16(18)21)11-15(14-5-3-2-4-6-14)19(22)26-17-9-10-25-20(17)23/h2-8,11-12,17,21H,9-10H2,1H3/b15-11+. The van der Waals surface area contributed by atoms with Gasteiger partial charge in [-0.1, -0.05) is 36.4 Å². The summed E-state index contributed by atoms with van der Waals surface area (Å²) in [6.07, 6.45) is 1.09. The Hall–Kier alpha value is -3.28. The molecule has 0 aromatic heterocycles. The lowest BCUT2D eigenvalue weighted by atomic mass is 10.0. The summed E-state index contributed by atoms with van der Waals surface area (Å²) in [4.78, 5) is 24.3. The summed E-state index contributed by atoms with van der Waals surface area (Å²) in [6.45, 7) is 0.246. The van der Waals surface area contributed by atoms with Crippen molar-refractivity contribution in [2.24, 2.45) is 0 Å². The normalized spacial score (nSPS) is 16.9. The van der Waals surface area contributed by atoms with Crippen LogP contribution in [-0.2, 0) is 19.1 Å². The highest BCUT2D eigenvalue weighted by Crippen LogP contribution is 2.29. The van der Waals surface area contributed by atoms with E-state index >= 15 is 0 Å². The average molecular weight is 354 g/mol. The van der Waals surface area contributed by atoms with Crippen LogP contribution in [0.2, 0.25) is 0 Å². The van der Waals surface area contributed by atoms with Gasteiger partial charge >= 0.3 is 11.9 Å². The molecule has 1 heterocycles. The van der Waals surface area contributed by atoms with Crippen molar-refractivity contribution >= 4 is 23.6 Å². The van der Waals surface area contributed by atoms with Crippen LogP contribution in [-0.4, -0.2) is 36.9 Å². The van der Waals surface area contributed by atoms with E-state index in [1.807, 2.05) is 6.07 Å². The summed E-state index contributed by atoms with van der Waals surface area (Å²) in [5, 5.41) is 9.73. The molecule has 2 aromatic rings. The number of methoxy groups -OCH3 is 1. The van der Waals surface area contributed by atoms with Gasteiger partial charge in [-0.2, -0.15) is 0 Å². The molecule has 1 N–H and O–H groups in total. The highest BCUT2D eigenvalue weighted by Gasteiger charge is 2.31. The van der Waals surface area contributed by atoms with Gasteiger partial charge in [0.25, 0.3) is 0 Å². The number of phenols is 1. The topological polar surface area (TPSA) is 82.1 Å². The fourth-order valence-electron chi connectivity index (χ4n) is 2.61. The molecule has 6 nitrogen and oxygen atoms in total. The van der Waals surface area contributed by atoms with Gasteiger partial charge in [0, 0.05) is 6.42 Å². The Labute approximate surface area is 150 Å². The predicted molar refractivity (Wildman–Crippen MR) is 94.4 cm³/mol. The zero-order valence-corrected chi connectivity index (χ0v) is 14.2. The second kappa shape index (κ2) is 7.74. The van der Waals surface area contributed by atoms with Gasteiger partial charge in [-0.15, -0.1) is 0 Å². The van der Waals surface area contributed by atoms with Crippen LogP contribution in [0.1, 0.15) is 17.5 Å². The molecule has 0 saturated carbocycles. The van der Waals surface area contributed by atoms with Crippen LogP contribution in [0.15, 0.2) is 48.5 Å². The second-order valence-electron chi connectivity index (χ2n) is 5.71. The van der Waals surface area contributed by atoms with E-state index in [2.05, 4.69) is 0 Å². The van der Waals surface area contributed by atoms with Crippen LogP contribution < -0.4 is 4.74 Å². The molecule has 1 atom stereocenters. The molecule has 1 unspecified atom stereocenters. The summed E-state index contributed by atoms with van der Waals surface area (Å²) >= 11 is 0. The highest BCUT2D eigenvalue weighted by atomic mass is 16.6. The highest BCUT2D eigenvalue weighted by molar-refractivity contribution is 6.22. The zero-order valence-electron chi connectivity index (χ0n) is 14.2. The summed E-state index contributed by atoms with van der Waals surface area (Å²) in [5.41, 5.74) is 1.58. The Balaban J connectivity index is 1.95. The number of esters is 2. The molecule has 0 spiro atoms. The minimum absolute atomic E-state index is 0.00203. The van der Waals surface area contributed by atoms with Gasteiger partial charge in [-0.3, -0.25) is 0 Å². The van der Waals surface area contributed by atoms with Crippen molar-refractivity contribution < 1.29 is 28.9 Å². The fourth-order valence-corrected chi connectivity index (χ4v) is 2.61. The first-order valence-electron chi connectivity index (χ1n) is 8.10. The van der Waals surface area contributed by atoms with Gasteiger partial charge in [0.1, 0.15) is 0 Å². The van der Waals surface area contributed by atoms with Crippen molar-refractivity contribution in [3.63, 3.8) is 0 Å². The maximum absolute atomic E-state index is 12.7. The van der Waals surface area contributed by atoms with Crippen LogP contribution >= 0.6 is 0 Å². The quantitative estimate of drug-likeness (QED) is 0.505. The van der Waals surface area contributed by atoms with Crippen molar-refractivity contribution in [1.82, 2.24) is 0 Å². The molecule has 6 heteroatoms. The predicted octanol–water partition coefficient (Wildman–Crippen LogP) is 2.80. The number of hydrogen-bond acceptors (Lipinski definition) is 6. The number of benzene rings is 2. The molecule has 1 fully saturated rings. The Bertz CT molecular complexity index is 841. The number of phenolic OH excluding ortho intramolecular Hbond substituents is 1. The van der Waals surface area contributed by atoms with Crippen molar-refractivity contribution in [1.29, 1.82) is 0 Å². The van der Waals surface area contributed by atoms with Crippen LogP contribution in [0, 0.1) is 0 Å². The third kappa shape index (κ3) is 3.85. The van der Waals surface area contributed by atoms with E-state index < -0.39 is 18.0 Å². The minimum atomic E-state index is -0.885. The Morgan fingerprint density at radius 1 is 1.23 bits per heavy atom. The van der Waals surface area contributed by atoms with Crippen LogP contribution in [0.4, 0.5) is 0 Å². The van der Waals surface area contributed by atoms with E-state index in [-0.39, 0.29) is 17.9 Å². The van der Waals surface area contributed by atoms with Crippen LogP contribution in [0.5, 0.6) is 11.5 Å². The van der Waals surface area contributed by atoms with Gasteiger partial charge in [0.2, 0.25) is 6.10 Å². The lowest BCUT2D eigenvalue weighted by molar-refractivity contribution is -0.156. The third-order valence-electron chi connectivity index (χ3n) is 3.96. The summed E-state index contributed by atoms with van der Waals surface area (Å²) < 4.78 is 15.3. The number of cyclic esters (lactones) is 1. The second-order valence-corrected chi connectivity index (χ2v) is 5.71. The molecule has 26 heavy (non-hydrogen) atoms. The van der Waals surface area contributed by atoms with E-state index in [9.17, 15) is 14.7 Å². The molecular weight excluding hydrogens is 336 g/mol. The minimum Gasteiger partial charge on any atom is -0.504 e. The first-order chi connectivity index (χ1) is 12.6. The molecule has 1 saturated heterocycles. The molecule has 2 aromatic carbocycles. The average Bonchev–Trinajstić information content (AvgIpc) is 3.06. The van der Waals surface area contributed by atoms with Crippen LogP contribution in [0.25, 0.3) is 11.6 Å². The van der Waals surface area contributed by atoms with Crippen molar-refractivity contribution in [2.75, 3.05) is 13.7 Å². The Morgan fingerprint density at radius 2 is 2.00 bits per heavy atom. The molecule has 0 bridgehead atoms. The third-order valence-corrected chi connectivity index (χ3v) is 3.96. The molecule has 0 aliphatic carbocycles. The van der Waals surface area contributed by atoms with Gasteiger partial charge < -0.3 is 19.3 Å². The summed E-state index contributed by atoms with van der Waals surface area (Å²) in [6, 6.07) is 13.7. The SMILES string of the molecule is COc1cc(/C=C(/C(=O)OC2CCOC2=O)c2ccccc2)ccc1O. The lowest BCUT2D eigenvalue weighted by Gasteiger charge is -2.12. The first kappa shape index (κ1) is 17.5. The maximum atomic E-state index is 12.7. The molecule has 0 radical (unpaired) electrons. The number of ether oxygens (including phenoxy) is 3. The van der Waals surface area contributed by atoms with E-state index in [4.69, 9.17) is 14.2 Å². The summed E-state index contributed by atoms with van der Waals surface area (Å²) in [5.74, 6) is -0.856. The lowest BCUT2D eigenvalue weighted by Crippen LogP contribution is -2.23. The number of carbonyl (C=O) groups is 2.